The minimum atomic E-state index is 0.880. The third kappa shape index (κ3) is 0.523. The summed E-state index contributed by atoms with van der Waals surface area (Å²) in [6.45, 7) is 2.55. The molecule has 3 saturated heterocycles. The van der Waals surface area contributed by atoms with Crippen molar-refractivity contribution in [2.75, 3.05) is 13.1 Å². The molecule has 3 fully saturated rings. The maximum atomic E-state index is 3.69. The van der Waals surface area contributed by atoms with Gasteiger partial charge in [-0.25, -0.2) is 0 Å². The molecule has 2 bridgehead atoms. The van der Waals surface area contributed by atoms with Crippen LogP contribution in [0.3, 0.4) is 0 Å². The molecule has 4 atom stereocenters. The van der Waals surface area contributed by atoms with Crippen molar-refractivity contribution in [3.8, 4) is 0 Å². The molecule has 3 rings (SSSR count). The fourth-order valence-electron chi connectivity index (χ4n) is 3.08. The molecular formula is C8H14N2. The molecule has 2 N–H and O–H groups in total. The molecule has 0 radical (unpaired) electrons. The van der Waals surface area contributed by atoms with Gasteiger partial charge in [-0.3, -0.25) is 0 Å². The van der Waals surface area contributed by atoms with Crippen molar-refractivity contribution in [1.29, 1.82) is 0 Å². The first-order valence-corrected chi connectivity index (χ1v) is 4.42. The number of hydrogen-bond acceptors (Lipinski definition) is 2. The van der Waals surface area contributed by atoms with Crippen molar-refractivity contribution in [1.82, 2.24) is 10.6 Å². The van der Waals surface area contributed by atoms with Gasteiger partial charge in [-0.15, -0.1) is 0 Å². The zero-order valence-corrected chi connectivity index (χ0v) is 6.14. The summed E-state index contributed by atoms with van der Waals surface area (Å²) in [6.07, 6.45) is 2.88. The zero-order valence-electron chi connectivity index (χ0n) is 6.14. The summed E-state index contributed by atoms with van der Waals surface area (Å²) in [5.41, 5.74) is 0. The van der Waals surface area contributed by atoms with E-state index in [0.29, 0.717) is 0 Å². The third-order valence-electron chi connectivity index (χ3n) is 3.56. The Morgan fingerprint density at radius 3 is 2.10 bits per heavy atom. The van der Waals surface area contributed by atoms with E-state index in [1.54, 1.807) is 0 Å². The Morgan fingerprint density at radius 1 is 0.900 bits per heavy atom. The minimum absolute atomic E-state index is 0.880. The second-order valence-electron chi connectivity index (χ2n) is 3.94. The summed E-state index contributed by atoms with van der Waals surface area (Å²) in [5.74, 6) is 1.97. The fourth-order valence-corrected chi connectivity index (χ4v) is 3.08. The molecule has 0 aliphatic carbocycles. The highest BCUT2D eigenvalue weighted by molar-refractivity contribution is 5.07. The van der Waals surface area contributed by atoms with Crippen molar-refractivity contribution in [2.45, 2.75) is 24.9 Å². The topological polar surface area (TPSA) is 24.1 Å². The third-order valence-corrected chi connectivity index (χ3v) is 3.56. The Labute approximate surface area is 61.4 Å². The van der Waals surface area contributed by atoms with Crippen LogP contribution in [0.2, 0.25) is 0 Å². The van der Waals surface area contributed by atoms with Gasteiger partial charge in [0.2, 0.25) is 0 Å². The van der Waals surface area contributed by atoms with Crippen LogP contribution in [-0.2, 0) is 0 Å². The van der Waals surface area contributed by atoms with Gasteiger partial charge in [0.25, 0.3) is 0 Å². The van der Waals surface area contributed by atoms with Crippen LogP contribution in [0.25, 0.3) is 0 Å². The van der Waals surface area contributed by atoms with E-state index in [4.69, 9.17) is 0 Å². The van der Waals surface area contributed by atoms with Gasteiger partial charge in [-0.2, -0.15) is 0 Å². The molecule has 3 heterocycles. The smallest absolute Gasteiger partial charge is 0.0114 e. The molecule has 0 spiro atoms. The molecule has 0 amide bonds. The van der Waals surface area contributed by atoms with Gasteiger partial charge in [-0.1, -0.05) is 0 Å². The summed E-state index contributed by atoms with van der Waals surface area (Å²) in [5, 5.41) is 7.17. The van der Waals surface area contributed by atoms with Crippen LogP contribution < -0.4 is 10.6 Å². The summed E-state index contributed by atoms with van der Waals surface area (Å²) in [7, 11) is 0. The van der Waals surface area contributed by atoms with Crippen LogP contribution in [-0.4, -0.2) is 25.2 Å². The van der Waals surface area contributed by atoms with E-state index >= 15 is 0 Å². The Bertz CT molecular complexity index is 141. The van der Waals surface area contributed by atoms with Crippen molar-refractivity contribution in [3.05, 3.63) is 0 Å². The van der Waals surface area contributed by atoms with Crippen LogP contribution in [0.15, 0.2) is 0 Å². The molecule has 0 aromatic rings. The van der Waals surface area contributed by atoms with Crippen LogP contribution in [0.5, 0.6) is 0 Å². The van der Waals surface area contributed by atoms with Crippen LogP contribution in [0.1, 0.15) is 12.8 Å². The molecule has 10 heavy (non-hydrogen) atoms. The quantitative estimate of drug-likeness (QED) is 0.490. The van der Waals surface area contributed by atoms with Crippen molar-refractivity contribution < 1.29 is 0 Å². The van der Waals surface area contributed by atoms with Gasteiger partial charge in [0.1, 0.15) is 0 Å². The highest BCUT2D eigenvalue weighted by atomic mass is 15.1. The standard InChI is InChI=1S/C8H14N2/c1-2-8-6-4-9-3-5(6)7(1)10-8/h5-10H,1-4H2. The average Bonchev–Trinajstić information content (AvgIpc) is 2.60. The largest absolute Gasteiger partial charge is 0.316 e. The first-order chi connectivity index (χ1) is 4.95. The predicted octanol–water partition coefficient (Wildman–Crippen LogP) is -0.0438. The summed E-state index contributed by atoms with van der Waals surface area (Å²) in [4.78, 5) is 0. The Kier molecular flexibility index (Phi) is 0.968. The Balaban J connectivity index is 1.92. The van der Waals surface area contributed by atoms with Gasteiger partial charge in [0, 0.05) is 12.1 Å². The van der Waals surface area contributed by atoms with Gasteiger partial charge in [0.05, 0.1) is 0 Å². The van der Waals surface area contributed by atoms with Gasteiger partial charge in [0.15, 0.2) is 0 Å². The van der Waals surface area contributed by atoms with Crippen LogP contribution in [0, 0.1) is 11.8 Å². The first kappa shape index (κ1) is 5.56. The lowest BCUT2D eigenvalue weighted by atomic mass is 9.82. The van der Waals surface area contributed by atoms with E-state index in [-0.39, 0.29) is 0 Å². The monoisotopic (exact) mass is 138 g/mol. The molecule has 2 nitrogen and oxygen atoms in total. The summed E-state index contributed by atoms with van der Waals surface area (Å²) < 4.78 is 0. The molecule has 3 aliphatic heterocycles. The molecule has 3 aliphatic rings. The highest BCUT2D eigenvalue weighted by Crippen LogP contribution is 2.39. The van der Waals surface area contributed by atoms with Gasteiger partial charge in [-0.05, 0) is 37.8 Å². The maximum absolute atomic E-state index is 3.69. The average molecular weight is 138 g/mol. The number of rotatable bonds is 0. The predicted molar refractivity (Wildman–Crippen MR) is 39.8 cm³/mol. The van der Waals surface area contributed by atoms with E-state index < -0.39 is 0 Å². The summed E-state index contributed by atoms with van der Waals surface area (Å²) in [6, 6.07) is 1.76. The van der Waals surface area contributed by atoms with E-state index in [1.807, 2.05) is 0 Å². The second kappa shape index (κ2) is 1.74. The molecule has 2 heteroatoms. The molecule has 56 valence electrons. The SMILES string of the molecule is C1CC2NC1C1CNCC21. The van der Waals surface area contributed by atoms with Gasteiger partial charge >= 0.3 is 0 Å². The van der Waals surface area contributed by atoms with Crippen molar-refractivity contribution in [3.63, 3.8) is 0 Å². The molecule has 0 aromatic carbocycles. The summed E-state index contributed by atoms with van der Waals surface area (Å²) >= 11 is 0. The van der Waals surface area contributed by atoms with Crippen LogP contribution >= 0.6 is 0 Å². The maximum Gasteiger partial charge on any atom is 0.0114 e. The minimum Gasteiger partial charge on any atom is -0.316 e. The number of hydrogen-bond donors (Lipinski definition) is 2. The lowest BCUT2D eigenvalue weighted by Gasteiger charge is -2.20. The fraction of sp³-hybridized carbons (Fsp3) is 1.00. The van der Waals surface area contributed by atoms with E-state index in [1.165, 1.54) is 25.9 Å². The van der Waals surface area contributed by atoms with Crippen LogP contribution in [0.4, 0.5) is 0 Å². The van der Waals surface area contributed by atoms with E-state index in [2.05, 4.69) is 10.6 Å². The highest BCUT2D eigenvalue weighted by Gasteiger charge is 2.48. The Hall–Kier alpha value is -0.0800. The van der Waals surface area contributed by atoms with Gasteiger partial charge < -0.3 is 10.6 Å². The molecule has 0 saturated carbocycles. The zero-order chi connectivity index (χ0) is 6.55. The Morgan fingerprint density at radius 2 is 1.50 bits per heavy atom. The second-order valence-corrected chi connectivity index (χ2v) is 3.94. The van der Waals surface area contributed by atoms with Crippen molar-refractivity contribution >= 4 is 0 Å². The molecule has 4 unspecified atom stereocenters. The normalized spacial score (nSPS) is 57.6. The number of fused-ring (bicyclic) bond motifs is 5. The lowest BCUT2D eigenvalue weighted by molar-refractivity contribution is 0.354. The molecule has 0 aromatic heterocycles. The van der Waals surface area contributed by atoms with E-state index in [9.17, 15) is 0 Å². The molecular weight excluding hydrogens is 124 g/mol. The van der Waals surface area contributed by atoms with Crippen molar-refractivity contribution in [2.24, 2.45) is 11.8 Å². The number of nitrogens with one attached hydrogen (secondary N) is 2. The first-order valence-electron chi connectivity index (χ1n) is 4.42. The van der Waals surface area contributed by atoms with E-state index in [0.717, 1.165) is 23.9 Å². The lowest BCUT2D eigenvalue weighted by Crippen LogP contribution is -2.27.